The number of nitrogens with zero attached hydrogens (tertiary/aromatic N) is 3. The Morgan fingerprint density at radius 1 is 1.30 bits per heavy atom. The fraction of sp³-hybridized carbons (Fsp3) is 0.467. The van der Waals surface area contributed by atoms with E-state index >= 15 is 0 Å². The van der Waals surface area contributed by atoms with E-state index in [9.17, 15) is 14.4 Å². The molecule has 1 aliphatic carbocycles. The maximum absolute atomic E-state index is 12.2. The number of anilines is 1. The minimum Gasteiger partial charge on any atom is -0.324 e. The highest BCUT2D eigenvalue weighted by atomic mass is 16.2. The van der Waals surface area contributed by atoms with Crippen molar-refractivity contribution in [1.82, 2.24) is 19.4 Å². The third-order valence-corrected chi connectivity index (χ3v) is 3.99. The summed E-state index contributed by atoms with van der Waals surface area (Å²) >= 11 is 0. The van der Waals surface area contributed by atoms with Gasteiger partial charge in [-0.2, -0.15) is 0 Å². The molecular formula is C15H19N5O3. The van der Waals surface area contributed by atoms with Gasteiger partial charge in [0.25, 0.3) is 5.56 Å². The van der Waals surface area contributed by atoms with Gasteiger partial charge in [0.2, 0.25) is 5.91 Å². The SMILES string of the molecule is Cn1c(=O)c2cc(NC(=O)CNCC3CC3)cnc2n(C)c1=O. The number of carbonyl (C=O) groups is 1. The smallest absolute Gasteiger partial charge is 0.324 e. The molecule has 1 amide bonds. The predicted octanol–water partition coefficient (Wildman–Crippen LogP) is -0.430. The molecule has 1 saturated carbocycles. The van der Waals surface area contributed by atoms with E-state index in [1.807, 2.05) is 0 Å². The van der Waals surface area contributed by atoms with Gasteiger partial charge in [0, 0.05) is 14.1 Å². The molecule has 1 aliphatic rings. The second-order valence-corrected chi connectivity index (χ2v) is 5.92. The van der Waals surface area contributed by atoms with Crippen LogP contribution in [0.4, 0.5) is 5.69 Å². The van der Waals surface area contributed by atoms with E-state index in [0.29, 0.717) is 22.6 Å². The summed E-state index contributed by atoms with van der Waals surface area (Å²) in [5.41, 5.74) is -0.135. The van der Waals surface area contributed by atoms with Crippen LogP contribution in [0.15, 0.2) is 21.9 Å². The van der Waals surface area contributed by atoms with Gasteiger partial charge in [-0.3, -0.25) is 18.7 Å². The Balaban J connectivity index is 1.80. The van der Waals surface area contributed by atoms with Gasteiger partial charge in [0.15, 0.2) is 0 Å². The maximum Gasteiger partial charge on any atom is 0.332 e. The van der Waals surface area contributed by atoms with Crippen molar-refractivity contribution in [2.24, 2.45) is 20.0 Å². The third-order valence-electron chi connectivity index (χ3n) is 3.99. The summed E-state index contributed by atoms with van der Waals surface area (Å²) in [5, 5.41) is 6.10. The van der Waals surface area contributed by atoms with Crippen LogP contribution in [0.5, 0.6) is 0 Å². The molecule has 2 aromatic heterocycles. The Hall–Kier alpha value is -2.48. The first-order chi connectivity index (χ1) is 11.0. The van der Waals surface area contributed by atoms with Gasteiger partial charge < -0.3 is 10.6 Å². The Kier molecular flexibility index (Phi) is 3.99. The zero-order valence-electron chi connectivity index (χ0n) is 13.1. The lowest BCUT2D eigenvalue weighted by Gasteiger charge is -2.09. The van der Waals surface area contributed by atoms with Gasteiger partial charge in [0.05, 0.1) is 23.8 Å². The fourth-order valence-corrected chi connectivity index (χ4v) is 2.45. The van der Waals surface area contributed by atoms with E-state index in [0.717, 1.165) is 11.1 Å². The molecule has 0 unspecified atom stereocenters. The topological polar surface area (TPSA) is 98.0 Å². The first-order valence-electron chi connectivity index (χ1n) is 7.53. The molecule has 8 nitrogen and oxygen atoms in total. The maximum atomic E-state index is 12.2. The van der Waals surface area contributed by atoms with Crippen LogP contribution < -0.4 is 21.9 Å². The Morgan fingerprint density at radius 2 is 2.04 bits per heavy atom. The Morgan fingerprint density at radius 3 is 2.74 bits per heavy atom. The molecule has 0 spiro atoms. The molecule has 2 aromatic rings. The van der Waals surface area contributed by atoms with Crippen molar-refractivity contribution in [2.75, 3.05) is 18.4 Å². The van der Waals surface area contributed by atoms with Gasteiger partial charge in [0.1, 0.15) is 5.65 Å². The molecule has 23 heavy (non-hydrogen) atoms. The Labute approximate surface area is 132 Å². The van der Waals surface area contributed by atoms with Gasteiger partial charge in [-0.1, -0.05) is 0 Å². The number of carbonyl (C=O) groups excluding carboxylic acids is 1. The molecule has 1 fully saturated rings. The molecule has 0 bridgehead atoms. The molecule has 0 radical (unpaired) electrons. The van der Waals surface area contributed by atoms with E-state index in [1.54, 1.807) is 13.1 Å². The highest BCUT2D eigenvalue weighted by molar-refractivity contribution is 5.93. The summed E-state index contributed by atoms with van der Waals surface area (Å²) in [6.45, 7) is 1.08. The van der Waals surface area contributed by atoms with Gasteiger partial charge in [-0.15, -0.1) is 0 Å². The van der Waals surface area contributed by atoms with Crippen molar-refractivity contribution in [2.45, 2.75) is 12.8 Å². The predicted molar refractivity (Wildman–Crippen MR) is 86.4 cm³/mol. The van der Waals surface area contributed by atoms with Crippen molar-refractivity contribution in [3.63, 3.8) is 0 Å². The highest BCUT2D eigenvalue weighted by Gasteiger charge is 2.20. The third kappa shape index (κ3) is 3.16. The number of amides is 1. The van der Waals surface area contributed by atoms with Crippen molar-refractivity contribution in [3.8, 4) is 0 Å². The summed E-state index contributed by atoms with van der Waals surface area (Å²) in [5.74, 6) is 0.517. The summed E-state index contributed by atoms with van der Waals surface area (Å²) in [7, 11) is 2.97. The van der Waals surface area contributed by atoms with Crippen LogP contribution in [0.3, 0.4) is 0 Å². The largest absolute Gasteiger partial charge is 0.332 e. The standard InChI is InChI=1S/C15H19N5O3/c1-19-13-11(14(22)20(2)15(19)23)5-10(7-17-13)18-12(21)8-16-6-9-3-4-9/h5,7,9,16H,3-4,6,8H2,1-2H3,(H,18,21). The summed E-state index contributed by atoms with van der Waals surface area (Å²) < 4.78 is 2.33. The van der Waals surface area contributed by atoms with Crippen LogP contribution in [-0.4, -0.2) is 33.1 Å². The normalized spacial score (nSPS) is 14.2. The average Bonchev–Trinajstić information content (AvgIpc) is 3.35. The van der Waals surface area contributed by atoms with Gasteiger partial charge in [-0.05, 0) is 31.4 Å². The van der Waals surface area contributed by atoms with E-state index in [1.165, 1.54) is 30.7 Å². The van der Waals surface area contributed by atoms with E-state index < -0.39 is 11.2 Å². The second kappa shape index (κ2) is 5.96. The number of hydrogen-bond donors (Lipinski definition) is 2. The molecule has 0 aromatic carbocycles. The van der Waals surface area contributed by atoms with Crippen LogP contribution in [0.25, 0.3) is 11.0 Å². The Bertz CT molecular complexity index is 879. The number of pyridine rings is 1. The quantitative estimate of drug-likeness (QED) is 0.780. The van der Waals surface area contributed by atoms with Gasteiger partial charge >= 0.3 is 5.69 Å². The zero-order chi connectivity index (χ0) is 16.6. The minimum atomic E-state index is -0.434. The summed E-state index contributed by atoms with van der Waals surface area (Å²) in [4.78, 5) is 40.0. The summed E-state index contributed by atoms with van der Waals surface area (Å²) in [6.07, 6.45) is 3.90. The van der Waals surface area contributed by atoms with E-state index in [2.05, 4.69) is 15.6 Å². The number of aryl methyl sites for hydroxylation is 1. The monoisotopic (exact) mass is 317 g/mol. The number of hydrogen-bond acceptors (Lipinski definition) is 5. The highest BCUT2D eigenvalue weighted by Crippen LogP contribution is 2.27. The first kappa shape index (κ1) is 15.4. The van der Waals surface area contributed by atoms with Gasteiger partial charge in [-0.25, -0.2) is 9.78 Å². The average molecular weight is 317 g/mol. The van der Waals surface area contributed by atoms with Crippen LogP contribution in [0, 0.1) is 5.92 Å². The number of fused-ring (bicyclic) bond motifs is 1. The number of rotatable bonds is 5. The lowest BCUT2D eigenvalue weighted by molar-refractivity contribution is -0.115. The molecule has 8 heteroatoms. The molecule has 3 rings (SSSR count). The van der Waals surface area contributed by atoms with Crippen LogP contribution >= 0.6 is 0 Å². The zero-order valence-corrected chi connectivity index (χ0v) is 13.1. The molecule has 2 heterocycles. The van der Waals surface area contributed by atoms with Crippen molar-refractivity contribution >= 4 is 22.6 Å². The van der Waals surface area contributed by atoms with Crippen LogP contribution in [-0.2, 0) is 18.9 Å². The second-order valence-electron chi connectivity index (χ2n) is 5.92. The summed E-state index contributed by atoms with van der Waals surface area (Å²) in [6, 6.07) is 1.54. The van der Waals surface area contributed by atoms with Crippen LogP contribution in [0.1, 0.15) is 12.8 Å². The molecule has 0 saturated heterocycles. The lowest BCUT2D eigenvalue weighted by Crippen LogP contribution is -2.37. The molecule has 2 N–H and O–H groups in total. The molecule has 0 atom stereocenters. The fourth-order valence-electron chi connectivity index (χ4n) is 2.45. The van der Waals surface area contributed by atoms with Crippen molar-refractivity contribution in [1.29, 1.82) is 0 Å². The van der Waals surface area contributed by atoms with Crippen molar-refractivity contribution < 1.29 is 4.79 Å². The van der Waals surface area contributed by atoms with E-state index in [4.69, 9.17) is 0 Å². The number of nitrogens with one attached hydrogen (secondary N) is 2. The molecule has 0 aliphatic heterocycles. The lowest BCUT2D eigenvalue weighted by atomic mass is 10.3. The number of aromatic nitrogens is 3. The molecule has 122 valence electrons. The minimum absolute atomic E-state index is 0.187. The van der Waals surface area contributed by atoms with Crippen molar-refractivity contribution in [3.05, 3.63) is 33.1 Å². The first-order valence-corrected chi connectivity index (χ1v) is 7.53. The molecular weight excluding hydrogens is 298 g/mol. The van der Waals surface area contributed by atoms with Crippen LogP contribution in [0.2, 0.25) is 0 Å². The van der Waals surface area contributed by atoms with E-state index in [-0.39, 0.29) is 12.5 Å².